The number of halogens is 2. The Kier molecular flexibility index (Phi) is 6.69. The van der Waals surface area contributed by atoms with Gasteiger partial charge >= 0.3 is 0 Å². The number of thioether (sulfide) groups is 1. The second kappa shape index (κ2) is 9.03. The Morgan fingerprint density at radius 1 is 1.21 bits per heavy atom. The van der Waals surface area contributed by atoms with E-state index in [4.69, 9.17) is 21.1 Å². The molecule has 28 heavy (non-hydrogen) atoms. The third-order valence-electron chi connectivity index (χ3n) is 4.04. The van der Waals surface area contributed by atoms with Crippen molar-refractivity contribution in [1.29, 1.82) is 0 Å². The summed E-state index contributed by atoms with van der Waals surface area (Å²) in [6, 6.07) is 11.0. The molecule has 0 atom stereocenters. The van der Waals surface area contributed by atoms with E-state index in [1.54, 1.807) is 38.3 Å². The van der Waals surface area contributed by atoms with Crippen LogP contribution in [0, 0.1) is 0 Å². The fourth-order valence-corrected chi connectivity index (χ4v) is 4.23. The normalized spacial score (nSPS) is 15.4. The Labute approximate surface area is 180 Å². The van der Waals surface area contributed by atoms with Crippen molar-refractivity contribution in [3.63, 3.8) is 0 Å². The topological polar surface area (TPSA) is 55.8 Å². The lowest BCUT2D eigenvalue weighted by Gasteiger charge is -2.14. The molecule has 2 aromatic carbocycles. The Hall–Kier alpha value is -1.96. The SMILES string of the molecule is CCN1C(=O)S/C(=C\c2cc(Br)c(OCc3ccc(Cl)cc3)c(OC)c2)C1=O. The summed E-state index contributed by atoms with van der Waals surface area (Å²) in [4.78, 5) is 25.7. The largest absolute Gasteiger partial charge is 0.493 e. The first-order valence-corrected chi connectivity index (χ1v) is 10.4. The molecule has 0 bridgehead atoms. The van der Waals surface area contributed by atoms with Gasteiger partial charge < -0.3 is 9.47 Å². The van der Waals surface area contributed by atoms with Crippen molar-refractivity contribution in [3.05, 3.63) is 61.9 Å². The van der Waals surface area contributed by atoms with Gasteiger partial charge in [-0.1, -0.05) is 23.7 Å². The number of nitrogens with zero attached hydrogens (tertiary/aromatic N) is 1. The monoisotopic (exact) mass is 481 g/mol. The van der Waals surface area contributed by atoms with Crippen LogP contribution in [-0.4, -0.2) is 29.7 Å². The number of carbonyl (C=O) groups is 2. The van der Waals surface area contributed by atoms with Gasteiger partial charge in [-0.2, -0.15) is 0 Å². The van der Waals surface area contributed by atoms with Crippen LogP contribution in [-0.2, 0) is 11.4 Å². The quantitative estimate of drug-likeness (QED) is 0.491. The van der Waals surface area contributed by atoms with Crippen LogP contribution in [0.15, 0.2) is 45.8 Å². The molecule has 0 saturated carbocycles. The highest BCUT2D eigenvalue weighted by molar-refractivity contribution is 9.10. The minimum atomic E-state index is -0.282. The summed E-state index contributed by atoms with van der Waals surface area (Å²) in [5.74, 6) is 0.788. The second-order valence-corrected chi connectivity index (χ2v) is 8.16. The van der Waals surface area contributed by atoms with E-state index in [1.807, 2.05) is 18.2 Å². The standard InChI is InChI=1S/C20H17BrClNO4S/c1-3-23-19(24)17(28-20(23)25)10-13-8-15(21)18(16(9-13)26-2)27-11-12-4-6-14(22)7-5-12/h4-10H,3,11H2,1-2H3/b17-10-. The van der Waals surface area contributed by atoms with Gasteiger partial charge in [-0.15, -0.1) is 0 Å². The molecule has 1 fully saturated rings. The lowest BCUT2D eigenvalue weighted by Crippen LogP contribution is -2.27. The van der Waals surface area contributed by atoms with Crippen molar-refractivity contribution < 1.29 is 19.1 Å². The smallest absolute Gasteiger partial charge is 0.293 e. The van der Waals surface area contributed by atoms with Crippen LogP contribution < -0.4 is 9.47 Å². The van der Waals surface area contributed by atoms with Crippen LogP contribution in [0.25, 0.3) is 6.08 Å². The average molecular weight is 483 g/mol. The van der Waals surface area contributed by atoms with Gasteiger partial charge in [0.05, 0.1) is 16.5 Å². The average Bonchev–Trinajstić information content (AvgIpc) is 2.94. The number of methoxy groups -OCH3 is 1. The molecule has 3 rings (SSSR count). The maximum absolute atomic E-state index is 12.3. The van der Waals surface area contributed by atoms with E-state index in [9.17, 15) is 9.59 Å². The zero-order valence-electron chi connectivity index (χ0n) is 15.2. The van der Waals surface area contributed by atoms with Crippen molar-refractivity contribution in [2.75, 3.05) is 13.7 Å². The molecule has 0 unspecified atom stereocenters. The third kappa shape index (κ3) is 4.54. The van der Waals surface area contributed by atoms with Crippen molar-refractivity contribution in [3.8, 4) is 11.5 Å². The van der Waals surface area contributed by atoms with E-state index in [1.165, 1.54) is 4.90 Å². The first-order valence-electron chi connectivity index (χ1n) is 8.43. The van der Waals surface area contributed by atoms with Crippen molar-refractivity contribution in [2.24, 2.45) is 0 Å². The minimum Gasteiger partial charge on any atom is -0.493 e. The summed E-state index contributed by atoms with van der Waals surface area (Å²) in [5.41, 5.74) is 1.69. The molecule has 0 aromatic heterocycles. The highest BCUT2D eigenvalue weighted by Gasteiger charge is 2.33. The first-order chi connectivity index (χ1) is 13.4. The molecule has 2 amide bonds. The molecule has 0 N–H and O–H groups in total. The molecule has 5 nitrogen and oxygen atoms in total. The van der Waals surface area contributed by atoms with E-state index in [0.717, 1.165) is 22.9 Å². The molecule has 1 aliphatic rings. The Morgan fingerprint density at radius 2 is 1.93 bits per heavy atom. The van der Waals surface area contributed by atoms with Crippen LogP contribution in [0.3, 0.4) is 0 Å². The first kappa shape index (κ1) is 20.8. The van der Waals surface area contributed by atoms with Crippen molar-refractivity contribution in [1.82, 2.24) is 4.90 Å². The van der Waals surface area contributed by atoms with E-state index in [2.05, 4.69) is 15.9 Å². The van der Waals surface area contributed by atoms with Crippen LogP contribution in [0.5, 0.6) is 11.5 Å². The summed E-state index contributed by atoms with van der Waals surface area (Å²) < 4.78 is 12.0. The van der Waals surface area contributed by atoms with Gasteiger partial charge in [0.25, 0.3) is 11.1 Å². The van der Waals surface area contributed by atoms with Gasteiger partial charge in [-0.05, 0) is 76.1 Å². The number of benzene rings is 2. The predicted molar refractivity (Wildman–Crippen MR) is 115 cm³/mol. The van der Waals surface area contributed by atoms with Crippen LogP contribution in [0.2, 0.25) is 5.02 Å². The zero-order chi connectivity index (χ0) is 20.3. The lowest BCUT2D eigenvalue weighted by atomic mass is 10.1. The number of rotatable bonds is 6. The molecule has 0 radical (unpaired) electrons. The predicted octanol–water partition coefficient (Wildman–Crippen LogP) is 5.75. The highest BCUT2D eigenvalue weighted by Crippen LogP contribution is 2.39. The van der Waals surface area contributed by atoms with Gasteiger partial charge in [0.1, 0.15) is 6.61 Å². The highest BCUT2D eigenvalue weighted by atomic mass is 79.9. The molecule has 0 aliphatic carbocycles. The summed E-state index contributed by atoms with van der Waals surface area (Å²) in [5, 5.41) is 0.409. The van der Waals surface area contributed by atoms with Crippen molar-refractivity contribution >= 4 is 56.5 Å². The van der Waals surface area contributed by atoms with Gasteiger partial charge in [0.15, 0.2) is 11.5 Å². The third-order valence-corrected chi connectivity index (χ3v) is 5.78. The fourth-order valence-electron chi connectivity index (χ4n) is 2.62. The summed E-state index contributed by atoms with van der Waals surface area (Å²) in [6.07, 6.45) is 1.68. The molecule has 1 aliphatic heterocycles. The summed E-state index contributed by atoms with van der Waals surface area (Å²) >= 11 is 10.3. The maximum atomic E-state index is 12.3. The number of imide groups is 1. The van der Waals surface area contributed by atoms with Gasteiger partial charge in [-0.25, -0.2) is 0 Å². The number of hydrogen-bond acceptors (Lipinski definition) is 5. The lowest BCUT2D eigenvalue weighted by molar-refractivity contribution is -0.122. The van der Waals surface area contributed by atoms with E-state index >= 15 is 0 Å². The summed E-state index contributed by atoms with van der Waals surface area (Å²) in [6.45, 7) is 2.47. The molecule has 1 heterocycles. The molecule has 1 saturated heterocycles. The second-order valence-electron chi connectivity index (χ2n) is 5.88. The molecular weight excluding hydrogens is 466 g/mol. The molecule has 0 spiro atoms. The number of amides is 2. The van der Waals surface area contributed by atoms with E-state index in [-0.39, 0.29) is 11.1 Å². The maximum Gasteiger partial charge on any atom is 0.293 e. The molecule has 8 heteroatoms. The summed E-state index contributed by atoms with van der Waals surface area (Å²) in [7, 11) is 1.55. The minimum absolute atomic E-state index is 0.257. The Bertz CT molecular complexity index is 946. The number of hydrogen-bond donors (Lipinski definition) is 0. The molecular formula is C20H17BrClNO4S. The van der Waals surface area contributed by atoms with E-state index < -0.39 is 0 Å². The van der Waals surface area contributed by atoms with Crippen molar-refractivity contribution in [2.45, 2.75) is 13.5 Å². The van der Waals surface area contributed by atoms with Gasteiger partial charge in [-0.3, -0.25) is 14.5 Å². The van der Waals surface area contributed by atoms with Gasteiger partial charge in [0, 0.05) is 11.6 Å². The van der Waals surface area contributed by atoms with Crippen LogP contribution >= 0.6 is 39.3 Å². The fraction of sp³-hybridized carbons (Fsp3) is 0.200. The molecule has 2 aromatic rings. The Balaban J connectivity index is 1.83. The number of likely N-dealkylation sites (N-methyl/N-ethyl adjacent to an activating group) is 1. The number of ether oxygens (including phenoxy) is 2. The Morgan fingerprint density at radius 3 is 2.54 bits per heavy atom. The van der Waals surface area contributed by atoms with E-state index in [0.29, 0.717) is 39.1 Å². The zero-order valence-corrected chi connectivity index (χ0v) is 18.4. The number of carbonyl (C=O) groups excluding carboxylic acids is 2. The van der Waals surface area contributed by atoms with Gasteiger partial charge in [0.2, 0.25) is 0 Å². The van der Waals surface area contributed by atoms with Crippen LogP contribution in [0.4, 0.5) is 4.79 Å². The molecule has 146 valence electrons. The van der Waals surface area contributed by atoms with Crippen LogP contribution in [0.1, 0.15) is 18.1 Å².